The molecule has 0 spiro atoms. The number of carboxylic acid groups (broad SMARTS) is 1. The third-order valence-corrected chi connectivity index (χ3v) is 5.38. The number of nitrogens with two attached hydrogens (primary N) is 2. The zero-order chi connectivity index (χ0) is 27.4. The number of hydrogen-bond donors (Lipinski definition) is 7. The van der Waals surface area contributed by atoms with Crippen LogP contribution in [0, 0.1) is 0 Å². The number of amides is 4. The van der Waals surface area contributed by atoms with Crippen molar-refractivity contribution in [1.82, 2.24) is 16.0 Å². The zero-order valence-corrected chi connectivity index (χ0v) is 20.1. The number of aromatic hydroxyl groups is 1. The van der Waals surface area contributed by atoms with Crippen LogP contribution in [0.1, 0.15) is 24.0 Å². The topological polar surface area (TPSA) is 214 Å². The molecule has 12 heteroatoms. The van der Waals surface area contributed by atoms with Gasteiger partial charge in [0.2, 0.25) is 23.6 Å². The lowest BCUT2D eigenvalue weighted by Crippen LogP contribution is -2.54. The van der Waals surface area contributed by atoms with Crippen LogP contribution in [0.25, 0.3) is 0 Å². The van der Waals surface area contributed by atoms with E-state index in [9.17, 15) is 34.2 Å². The molecule has 2 aromatic carbocycles. The number of aliphatic carboxylic acids is 1. The number of benzene rings is 2. The van der Waals surface area contributed by atoms with E-state index in [0.717, 1.165) is 5.56 Å². The van der Waals surface area contributed by atoms with Crippen molar-refractivity contribution in [1.29, 1.82) is 0 Å². The van der Waals surface area contributed by atoms with Crippen LogP contribution in [0.5, 0.6) is 5.75 Å². The van der Waals surface area contributed by atoms with Gasteiger partial charge in [0.15, 0.2) is 0 Å². The minimum Gasteiger partial charge on any atom is -0.508 e. The smallest absolute Gasteiger partial charge is 0.326 e. The second-order valence-corrected chi connectivity index (χ2v) is 8.41. The van der Waals surface area contributed by atoms with Gasteiger partial charge in [-0.1, -0.05) is 42.5 Å². The average Bonchev–Trinajstić information content (AvgIpc) is 2.86. The molecule has 0 saturated heterocycles. The van der Waals surface area contributed by atoms with E-state index >= 15 is 0 Å². The Morgan fingerprint density at radius 3 is 2.03 bits per heavy atom. The van der Waals surface area contributed by atoms with Crippen LogP contribution in [-0.2, 0) is 36.8 Å². The molecule has 0 aliphatic heterocycles. The van der Waals surface area contributed by atoms with Crippen molar-refractivity contribution < 1.29 is 34.2 Å². The van der Waals surface area contributed by atoms with Crippen molar-refractivity contribution in [2.75, 3.05) is 6.54 Å². The first-order valence-corrected chi connectivity index (χ1v) is 11.5. The highest BCUT2D eigenvalue weighted by atomic mass is 16.4. The average molecular weight is 514 g/mol. The molecule has 9 N–H and O–H groups in total. The predicted octanol–water partition coefficient (Wildman–Crippen LogP) is -1.06. The highest BCUT2D eigenvalue weighted by Gasteiger charge is 2.26. The molecule has 3 unspecified atom stereocenters. The second-order valence-electron chi connectivity index (χ2n) is 8.41. The van der Waals surface area contributed by atoms with Crippen molar-refractivity contribution in [2.45, 2.75) is 43.8 Å². The minimum absolute atomic E-state index is 0.0152. The van der Waals surface area contributed by atoms with Crippen LogP contribution in [0.4, 0.5) is 0 Å². The summed E-state index contributed by atoms with van der Waals surface area (Å²) in [5.41, 5.74) is 12.5. The molecule has 37 heavy (non-hydrogen) atoms. The summed E-state index contributed by atoms with van der Waals surface area (Å²) in [4.78, 5) is 60.4. The number of nitrogens with one attached hydrogen (secondary N) is 3. The molecule has 2 aromatic rings. The van der Waals surface area contributed by atoms with Crippen molar-refractivity contribution >= 4 is 29.6 Å². The third-order valence-electron chi connectivity index (χ3n) is 5.38. The molecule has 0 aliphatic rings. The fourth-order valence-electron chi connectivity index (χ4n) is 3.40. The normalized spacial score (nSPS) is 13.0. The number of phenols is 1. The Morgan fingerprint density at radius 2 is 1.43 bits per heavy atom. The van der Waals surface area contributed by atoms with Crippen LogP contribution in [0.3, 0.4) is 0 Å². The van der Waals surface area contributed by atoms with Crippen molar-refractivity contribution in [3.63, 3.8) is 0 Å². The predicted molar refractivity (Wildman–Crippen MR) is 133 cm³/mol. The first-order chi connectivity index (χ1) is 17.5. The lowest BCUT2D eigenvalue weighted by Gasteiger charge is -2.21. The number of carbonyl (C=O) groups is 5. The summed E-state index contributed by atoms with van der Waals surface area (Å²) in [5, 5.41) is 25.9. The molecule has 0 aliphatic carbocycles. The Kier molecular flexibility index (Phi) is 11.0. The maximum Gasteiger partial charge on any atom is 0.326 e. The molecule has 2 rings (SSSR count). The van der Waals surface area contributed by atoms with Gasteiger partial charge < -0.3 is 37.6 Å². The van der Waals surface area contributed by atoms with E-state index in [1.165, 1.54) is 24.3 Å². The minimum atomic E-state index is -1.29. The summed E-state index contributed by atoms with van der Waals surface area (Å²) in [7, 11) is 0. The van der Waals surface area contributed by atoms with Gasteiger partial charge in [-0.25, -0.2) is 4.79 Å². The summed E-state index contributed by atoms with van der Waals surface area (Å²) in [6.07, 6.45) is -0.153. The molecule has 0 heterocycles. The molecule has 0 saturated carbocycles. The van der Waals surface area contributed by atoms with Gasteiger partial charge in [0.25, 0.3) is 0 Å². The van der Waals surface area contributed by atoms with Crippen LogP contribution < -0.4 is 27.4 Å². The van der Waals surface area contributed by atoms with Crippen molar-refractivity contribution in [2.24, 2.45) is 11.5 Å². The first-order valence-electron chi connectivity index (χ1n) is 11.5. The maximum absolute atomic E-state index is 12.7. The quantitative estimate of drug-likeness (QED) is 0.165. The Bertz CT molecular complexity index is 1090. The first kappa shape index (κ1) is 28.8. The number of carbonyl (C=O) groups excluding carboxylic acids is 4. The van der Waals surface area contributed by atoms with E-state index in [0.29, 0.717) is 5.56 Å². The monoisotopic (exact) mass is 513 g/mol. The summed E-state index contributed by atoms with van der Waals surface area (Å²) in [5.74, 6) is -4.12. The van der Waals surface area contributed by atoms with E-state index in [1.54, 1.807) is 24.3 Å². The van der Waals surface area contributed by atoms with Crippen molar-refractivity contribution in [3.05, 3.63) is 65.7 Å². The summed E-state index contributed by atoms with van der Waals surface area (Å²) in [6.45, 7) is -0.572. The highest BCUT2D eigenvalue weighted by Crippen LogP contribution is 2.11. The molecule has 0 aromatic heterocycles. The van der Waals surface area contributed by atoms with E-state index in [1.807, 2.05) is 6.07 Å². The summed E-state index contributed by atoms with van der Waals surface area (Å²) in [6, 6.07) is 11.4. The Morgan fingerprint density at radius 1 is 0.811 bits per heavy atom. The van der Waals surface area contributed by atoms with Gasteiger partial charge in [-0.2, -0.15) is 0 Å². The summed E-state index contributed by atoms with van der Waals surface area (Å²) >= 11 is 0. The molecule has 12 nitrogen and oxygen atoms in total. The second kappa shape index (κ2) is 14.2. The maximum atomic E-state index is 12.7. The van der Waals surface area contributed by atoms with Gasteiger partial charge >= 0.3 is 5.97 Å². The zero-order valence-electron chi connectivity index (χ0n) is 20.1. The van der Waals surface area contributed by atoms with Gasteiger partial charge in [0.1, 0.15) is 17.8 Å². The van der Waals surface area contributed by atoms with Crippen LogP contribution in [0.2, 0.25) is 0 Å². The molecular formula is C25H31N5O7. The van der Waals surface area contributed by atoms with Crippen LogP contribution >= 0.6 is 0 Å². The number of phenolic OH excluding ortho intramolecular Hbond substituents is 1. The van der Waals surface area contributed by atoms with Crippen LogP contribution in [0.15, 0.2) is 54.6 Å². The van der Waals surface area contributed by atoms with Gasteiger partial charge in [-0.15, -0.1) is 0 Å². The van der Waals surface area contributed by atoms with E-state index in [4.69, 9.17) is 11.5 Å². The molecular weight excluding hydrogens is 482 g/mol. The highest BCUT2D eigenvalue weighted by molar-refractivity contribution is 5.93. The van der Waals surface area contributed by atoms with E-state index in [2.05, 4.69) is 16.0 Å². The SMILES string of the molecule is NC(=O)CCC(NC(=O)C(N)Cc1ccccc1)C(=O)NCC(=O)NC(Cc1ccc(O)cc1)C(=O)O. The van der Waals surface area contributed by atoms with Gasteiger partial charge in [-0.3, -0.25) is 19.2 Å². The van der Waals surface area contributed by atoms with Gasteiger partial charge in [-0.05, 0) is 36.1 Å². The molecule has 198 valence electrons. The third kappa shape index (κ3) is 10.4. The fourth-order valence-corrected chi connectivity index (χ4v) is 3.40. The lowest BCUT2D eigenvalue weighted by molar-refractivity contribution is -0.141. The Labute approximate surface area is 213 Å². The molecule has 0 radical (unpaired) electrons. The summed E-state index contributed by atoms with van der Waals surface area (Å²) < 4.78 is 0. The fraction of sp³-hybridized carbons (Fsp3) is 0.320. The number of carboxylic acids is 1. The van der Waals surface area contributed by atoms with Crippen molar-refractivity contribution in [3.8, 4) is 5.75 Å². The lowest BCUT2D eigenvalue weighted by atomic mass is 10.0. The molecule has 3 atom stereocenters. The van der Waals surface area contributed by atoms with Gasteiger partial charge in [0.05, 0.1) is 12.6 Å². The largest absolute Gasteiger partial charge is 0.508 e. The van der Waals surface area contributed by atoms with E-state index in [-0.39, 0.29) is 31.4 Å². The van der Waals surface area contributed by atoms with Gasteiger partial charge in [0, 0.05) is 12.8 Å². The standard InChI is InChI=1S/C25H31N5O7/c26-18(12-15-4-2-1-3-5-15)23(34)30-19(10-11-21(27)32)24(35)28-14-22(33)29-20(25(36)37)13-16-6-8-17(31)9-7-16/h1-9,18-20,31H,10-14,26H2,(H2,27,32)(H,28,35)(H,29,33)(H,30,34)(H,36,37). The molecule has 0 fully saturated rings. The van der Waals surface area contributed by atoms with Crippen LogP contribution in [-0.4, -0.2) is 64.5 Å². The number of primary amides is 1. The van der Waals surface area contributed by atoms with E-state index < -0.39 is 54.3 Å². The molecule has 4 amide bonds. The Balaban J connectivity index is 1.94. The Hall–Kier alpha value is -4.45. The number of rotatable bonds is 14. The number of hydrogen-bond acceptors (Lipinski definition) is 7. The molecule has 0 bridgehead atoms.